The molecule has 18 heteroatoms. The number of anilines is 2. The molecule has 0 aromatic heterocycles. The van der Waals surface area contributed by atoms with Gasteiger partial charge in [0.15, 0.2) is 29.2 Å². The minimum Gasteiger partial charge on any atom is -0.493 e. The zero-order valence-corrected chi connectivity index (χ0v) is 38.5. The Labute approximate surface area is 389 Å². The van der Waals surface area contributed by atoms with E-state index in [4.69, 9.17) is 34.4 Å². The van der Waals surface area contributed by atoms with Crippen molar-refractivity contribution in [3.8, 4) is 23.0 Å². The van der Waals surface area contributed by atoms with E-state index < -0.39 is 42.3 Å². The van der Waals surface area contributed by atoms with Gasteiger partial charge in [-0.15, -0.1) is 0 Å². The topological polar surface area (TPSA) is 224 Å². The number of amides is 5. The smallest absolute Gasteiger partial charge is 0.416 e. The number of fused-ring (bicyclic) bond motifs is 4. The largest absolute Gasteiger partial charge is 0.493 e. The molecular formula is C49H59N7O11. The van der Waals surface area contributed by atoms with Crippen LogP contribution in [-0.2, 0) is 20.9 Å². The Morgan fingerprint density at radius 2 is 1.43 bits per heavy atom. The van der Waals surface area contributed by atoms with Gasteiger partial charge in [-0.05, 0) is 92.0 Å². The summed E-state index contributed by atoms with van der Waals surface area (Å²) in [5, 5.41) is 17.4. The number of aliphatic imine (C=N–C) groups is 1. The molecule has 5 atom stereocenters. The van der Waals surface area contributed by atoms with Crippen molar-refractivity contribution in [1.29, 1.82) is 0 Å². The van der Waals surface area contributed by atoms with Gasteiger partial charge < -0.3 is 55.0 Å². The summed E-state index contributed by atoms with van der Waals surface area (Å²) in [7, 11) is 2.99. The Morgan fingerprint density at radius 3 is 2.07 bits per heavy atom. The number of methoxy groups -OCH3 is 2. The Morgan fingerprint density at radius 1 is 0.821 bits per heavy atom. The molecule has 0 bridgehead atoms. The lowest BCUT2D eigenvalue weighted by Gasteiger charge is -2.31. The molecule has 6 aliphatic rings. The maximum absolute atomic E-state index is 14.3. The van der Waals surface area contributed by atoms with E-state index in [0.29, 0.717) is 53.4 Å². The molecule has 18 nitrogen and oxygen atoms in total. The molecule has 0 radical (unpaired) electrons. The van der Waals surface area contributed by atoms with Crippen molar-refractivity contribution in [3.05, 3.63) is 65.2 Å². The molecule has 4 heterocycles. The van der Waals surface area contributed by atoms with E-state index in [2.05, 4.69) is 10.6 Å². The van der Waals surface area contributed by atoms with Gasteiger partial charge in [-0.2, -0.15) is 0 Å². The van der Waals surface area contributed by atoms with Crippen molar-refractivity contribution in [1.82, 2.24) is 15.1 Å². The summed E-state index contributed by atoms with van der Waals surface area (Å²) in [6.07, 6.45) is 5.60. The van der Waals surface area contributed by atoms with Crippen molar-refractivity contribution >= 4 is 53.0 Å². The van der Waals surface area contributed by atoms with Crippen molar-refractivity contribution in [2.45, 2.75) is 103 Å². The van der Waals surface area contributed by atoms with Gasteiger partial charge in [-0.3, -0.25) is 24.2 Å². The highest BCUT2D eigenvalue weighted by atomic mass is 16.6. The second-order valence-electron chi connectivity index (χ2n) is 19.3. The minimum absolute atomic E-state index is 0.0213. The molecule has 5 amide bonds. The standard InChI is InChI=1S/C49H59N7O11/c1-27(2)41(50)43(58)52-28(3)42(57)53-30-9-7-29(8-10-30)24-67-47(62)56-35-20-40(38(64-5)18-33(35)45(60)55-26-49(13-14-49)22-36(55)46(56)61)66-16-6-15-65-39-19-34-32(17-37(39)63-4)44(59)54-25-48(11-12-48)21-31(54)23-51-34/h7-10,17-20,23,27-28,31,36,41,46,61H,6,11-16,21-22,24-26,50H2,1-5H3,(H,52,58)(H,53,57)/t28-,31-,36-,41-,46?/m0/s1. The van der Waals surface area contributed by atoms with Crippen LogP contribution >= 0.6 is 0 Å². The van der Waals surface area contributed by atoms with Gasteiger partial charge >= 0.3 is 6.09 Å². The molecule has 2 saturated carbocycles. The summed E-state index contributed by atoms with van der Waals surface area (Å²) in [4.78, 5) is 76.6. The van der Waals surface area contributed by atoms with Gasteiger partial charge in [-0.1, -0.05) is 26.0 Å². The number of aliphatic hydroxyl groups excluding tert-OH is 1. The first-order valence-electron chi connectivity index (χ1n) is 23.1. The first kappa shape index (κ1) is 45.7. The number of carbonyl (C=O) groups excluding carboxylic acids is 5. The fourth-order valence-corrected chi connectivity index (χ4v) is 9.66. The average Bonchev–Trinajstić information content (AvgIpc) is 4.20. The highest BCUT2D eigenvalue weighted by molar-refractivity contribution is 6.06. The van der Waals surface area contributed by atoms with Gasteiger partial charge in [0.1, 0.15) is 12.6 Å². The monoisotopic (exact) mass is 921 g/mol. The van der Waals surface area contributed by atoms with E-state index in [9.17, 15) is 29.1 Å². The zero-order valence-electron chi connectivity index (χ0n) is 38.5. The van der Waals surface area contributed by atoms with E-state index in [-0.39, 0.29) is 77.2 Å². The lowest BCUT2D eigenvalue weighted by Crippen LogP contribution is -2.50. The molecule has 3 aromatic carbocycles. The number of nitrogens with two attached hydrogens (primary N) is 1. The van der Waals surface area contributed by atoms with Crippen LogP contribution in [0.4, 0.5) is 21.9 Å². The van der Waals surface area contributed by atoms with Gasteiger partial charge in [0.2, 0.25) is 11.8 Å². The van der Waals surface area contributed by atoms with E-state index in [1.807, 2.05) is 25.0 Å². The van der Waals surface area contributed by atoms with Crippen molar-refractivity contribution in [2.75, 3.05) is 50.7 Å². The van der Waals surface area contributed by atoms with Crippen LogP contribution in [0.5, 0.6) is 23.0 Å². The second kappa shape index (κ2) is 18.0. The number of aliphatic hydroxyl groups is 1. The summed E-state index contributed by atoms with van der Waals surface area (Å²) in [5.41, 5.74) is 8.40. The Kier molecular flexibility index (Phi) is 12.3. The quantitative estimate of drug-likeness (QED) is 0.145. The molecule has 4 aliphatic heterocycles. The molecule has 2 spiro atoms. The minimum atomic E-state index is -1.43. The summed E-state index contributed by atoms with van der Waals surface area (Å²) >= 11 is 0. The molecule has 2 saturated heterocycles. The molecule has 356 valence electrons. The first-order valence-corrected chi connectivity index (χ1v) is 23.1. The molecule has 5 N–H and O–H groups in total. The van der Waals surface area contributed by atoms with E-state index in [1.165, 1.54) is 26.4 Å². The average molecular weight is 922 g/mol. The lowest BCUT2D eigenvalue weighted by atomic mass is 10.0. The van der Waals surface area contributed by atoms with Crippen LogP contribution in [0.1, 0.15) is 92.0 Å². The number of nitrogens with one attached hydrogen (secondary N) is 2. The van der Waals surface area contributed by atoms with Crippen molar-refractivity contribution in [3.63, 3.8) is 0 Å². The number of carbonyl (C=O) groups is 5. The van der Waals surface area contributed by atoms with E-state index in [1.54, 1.807) is 48.2 Å². The highest BCUT2D eigenvalue weighted by Crippen LogP contribution is 2.57. The molecule has 9 rings (SSSR count). The first-order chi connectivity index (χ1) is 32.1. The lowest BCUT2D eigenvalue weighted by molar-refractivity contribution is -0.127. The number of rotatable bonds is 15. The molecule has 67 heavy (non-hydrogen) atoms. The Balaban J connectivity index is 0.866. The molecule has 4 fully saturated rings. The van der Waals surface area contributed by atoms with Crippen LogP contribution in [0.2, 0.25) is 0 Å². The third-order valence-electron chi connectivity index (χ3n) is 14.2. The number of hydrogen-bond donors (Lipinski definition) is 4. The molecule has 3 aromatic rings. The normalized spacial score (nSPS) is 22.2. The number of nitrogens with zero attached hydrogens (tertiary/aromatic N) is 4. The third kappa shape index (κ3) is 9.08. The van der Waals surface area contributed by atoms with Gasteiger partial charge in [-0.25, -0.2) is 9.69 Å². The number of benzene rings is 3. The van der Waals surface area contributed by atoms with Gasteiger partial charge in [0, 0.05) is 43.5 Å². The van der Waals surface area contributed by atoms with Gasteiger partial charge in [0.05, 0.1) is 68.1 Å². The van der Waals surface area contributed by atoms with Crippen LogP contribution in [0, 0.1) is 16.7 Å². The van der Waals surface area contributed by atoms with Crippen LogP contribution < -0.4 is 40.2 Å². The summed E-state index contributed by atoms with van der Waals surface area (Å²) in [5.74, 6) is 0.0152. The Bertz CT molecular complexity index is 2490. The maximum atomic E-state index is 14.3. The van der Waals surface area contributed by atoms with Gasteiger partial charge in [0.25, 0.3) is 11.8 Å². The zero-order chi connectivity index (χ0) is 47.4. The van der Waals surface area contributed by atoms with Crippen LogP contribution in [-0.4, -0.2) is 122 Å². The predicted octanol–water partition coefficient (Wildman–Crippen LogP) is 5.16. The fourth-order valence-electron chi connectivity index (χ4n) is 9.66. The molecular weight excluding hydrogens is 863 g/mol. The van der Waals surface area contributed by atoms with E-state index in [0.717, 1.165) is 43.5 Å². The number of hydrogen-bond acceptors (Lipinski definition) is 13. The Hall–Kier alpha value is -6.40. The molecule has 1 unspecified atom stereocenters. The fraction of sp³-hybridized carbons (Fsp3) is 0.510. The van der Waals surface area contributed by atoms with Crippen molar-refractivity contribution < 1.29 is 52.8 Å². The second-order valence-corrected chi connectivity index (χ2v) is 19.3. The van der Waals surface area contributed by atoms with Crippen LogP contribution in [0.15, 0.2) is 53.5 Å². The van der Waals surface area contributed by atoms with E-state index >= 15 is 0 Å². The van der Waals surface area contributed by atoms with Crippen LogP contribution in [0.3, 0.4) is 0 Å². The SMILES string of the molecule is COc1cc2c(cc1OCCCOc1cc3c(cc1OC)C(=O)N1CC4(CC4)C[C@H]1C(O)N3C(=O)OCc1ccc(NC(=O)[C@H](C)NC(=O)[C@@H](N)C(C)C)cc1)N=C[C@@H]1CC3(CC3)CN1C2=O. The molecule has 2 aliphatic carbocycles. The summed E-state index contributed by atoms with van der Waals surface area (Å²) < 4.78 is 29.5. The maximum Gasteiger partial charge on any atom is 0.416 e. The highest BCUT2D eigenvalue weighted by Gasteiger charge is 2.58. The van der Waals surface area contributed by atoms with Crippen LogP contribution in [0.25, 0.3) is 0 Å². The van der Waals surface area contributed by atoms with Crippen molar-refractivity contribution in [2.24, 2.45) is 27.5 Å². The summed E-state index contributed by atoms with van der Waals surface area (Å²) in [6, 6.07) is 10.8. The summed E-state index contributed by atoms with van der Waals surface area (Å²) in [6.45, 7) is 6.59. The third-order valence-corrected chi connectivity index (χ3v) is 14.2. The predicted molar refractivity (Wildman–Crippen MR) is 246 cm³/mol. The number of ether oxygens (including phenoxy) is 5.